The van der Waals surface area contributed by atoms with Crippen LogP contribution in [0.1, 0.15) is 11.1 Å². The van der Waals surface area contributed by atoms with Crippen LogP contribution in [-0.2, 0) is 4.79 Å². The van der Waals surface area contributed by atoms with Gasteiger partial charge >= 0.3 is 0 Å². The Hall–Kier alpha value is -2.93. The molecule has 0 atom stereocenters. The van der Waals surface area contributed by atoms with Gasteiger partial charge in [-0.15, -0.1) is 0 Å². The van der Waals surface area contributed by atoms with Crippen LogP contribution in [-0.4, -0.2) is 10.9 Å². The largest absolute Gasteiger partial charge is 0.322 e. The standard InChI is InChI=1S/C15H11N3O/c16-11-13-2-1-3-14(10-13)18-15(19)5-4-12-6-8-17-9-7-12/h1-10H,(H,18,19)/b5-4+. The monoisotopic (exact) mass is 249 g/mol. The molecule has 1 N–H and O–H groups in total. The second-order valence-corrected chi connectivity index (χ2v) is 3.80. The van der Waals surface area contributed by atoms with E-state index in [-0.39, 0.29) is 5.91 Å². The van der Waals surface area contributed by atoms with Crippen LogP contribution in [0.15, 0.2) is 54.9 Å². The maximum atomic E-state index is 11.7. The van der Waals surface area contributed by atoms with Gasteiger partial charge in [0.1, 0.15) is 0 Å². The molecule has 2 aromatic rings. The van der Waals surface area contributed by atoms with Crippen molar-refractivity contribution in [1.29, 1.82) is 5.26 Å². The van der Waals surface area contributed by atoms with E-state index in [0.717, 1.165) is 5.56 Å². The molecule has 0 bridgehead atoms. The molecule has 0 unspecified atom stereocenters. The minimum atomic E-state index is -0.244. The Labute approximate surface area is 111 Å². The molecule has 1 aromatic carbocycles. The third-order valence-electron chi connectivity index (χ3n) is 2.39. The average Bonchev–Trinajstić information content (AvgIpc) is 2.46. The highest BCUT2D eigenvalue weighted by molar-refractivity contribution is 6.01. The molecule has 92 valence electrons. The van der Waals surface area contributed by atoms with Crippen LogP contribution >= 0.6 is 0 Å². The van der Waals surface area contributed by atoms with Crippen molar-refractivity contribution in [1.82, 2.24) is 4.98 Å². The number of rotatable bonds is 3. The van der Waals surface area contributed by atoms with Crippen molar-refractivity contribution in [3.8, 4) is 6.07 Å². The van der Waals surface area contributed by atoms with E-state index >= 15 is 0 Å². The first-order valence-corrected chi connectivity index (χ1v) is 5.67. The first-order valence-electron chi connectivity index (χ1n) is 5.67. The first-order chi connectivity index (χ1) is 9.28. The molecule has 0 fully saturated rings. The van der Waals surface area contributed by atoms with Crippen LogP contribution in [0.2, 0.25) is 0 Å². The van der Waals surface area contributed by atoms with Crippen LogP contribution in [0.3, 0.4) is 0 Å². The van der Waals surface area contributed by atoms with Gasteiger partial charge in [0.2, 0.25) is 5.91 Å². The van der Waals surface area contributed by atoms with E-state index in [2.05, 4.69) is 10.3 Å². The quantitative estimate of drug-likeness (QED) is 0.850. The maximum absolute atomic E-state index is 11.7. The van der Waals surface area contributed by atoms with Crippen LogP contribution in [0.25, 0.3) is 6.08 Å². The lowest BCUT2D eigenvalue weighted by atomic mass is 10.2. The van der Waals surface area contributed by atoms with Gasteiger partial charge in [0, 0.05) is 24.2 Å². The Bertz CT molecular complexity index is 642. The molecule has 1 amide bonds. The summed E-state index contributed by atoms with van der Waals surface area (Å²) in [6.07, 6.45) is 6.46. The van der Waals surface area contributed by atoms with E-state index < -0.39 is 0 Å². The number of nitrogens with zero attached hydrogens (tertiary/aromatic N) is 2. The van der Waals surface area contributed by atoms with E-state index in [0.29, 0.717) is 11.3 Å². The molecule has 1 heterocycles. The number of benzene rings is 1. The number of amides is 1. The summed E-state index contributed by atoms with van der Waals surface area (Å²) in [5.74, 6) is -0.244. The van der Waals surface area contributed by atoms with E-state index in [1.54, 1.807) is 54.9 Å². The summed E-state index contributed by atoms with van der Waals surface area (Å²) in [6, 6.07) is 12.4. The molecule has 0 saturated carbocycles. The summed E-state index contributed by atoms with van der Waals surface area (Å²) >= 11 is 0. The van der Waals surface area contributed by atoms with Crippen molar-refractivity contribution < 1.29 is 4.79 Å². The van der Waals surface area contributed by atoms with Gasteiger partial charge in [-0.05, 0) is 42.0 Å². The van der Waals surface area contributed by atoms with E-state index in [1.807, 2.05) is 6.07 Å². The summed E-state index contributed by atoms with van der Waals surface area (Å²) < 4.78 is 0. The summed E-state index contributed by atoms with van der Waals surface area (Å²) in [4.78, 5) is 15.6. The Morgan fingerprint density at radius 1 is 1.26 bits per heavy atom. The fraction of sp³-hybridized carbons (Fsp3) is 0. The summed E-state index contributed by atoms with van der Waals surface area (Å²) in [5.41, 5.74) is 2.01. The number of anilines is 1. The highest BCUT2D eigenvalue weighted by Crippen LogP contribution is 2.10. The second-order valence-electron chi connectivity index (χ2n) is 3.80. The van der Waals surface area contributed by atoms with Gasteiger partial charge in [-0.1, -0.05) is 6.07 Å². The minimum absolute atomic E-state index is 0.244. The molecule has 2 rings (SSSR count). The highest BCUT2D eigenvalue weighted by atomic mass is 16.1. The molecule has 4 nitrogen and oxygen atoms in total. The summed E-state index contributed by atoms with van der Waals surface area (Å²) in [6.45, 7) is 0. The molecule has 0 radical (unpaired) electrons. The second kappa shape index (κ2) is 6.12. The molecule has 0 aliphatic rings. The Balaban J connectivity index is 2.02. The molecule has 0 spiro atoms. The molecule has 19 heavy (non-hydrogen) atoms. The van der Waals surface area contributed by atoms with E-state index in [9.17, 15) is 4.79 Å². The van der Waals surface area contributed by atoms with Crippen molar-refractivity contribution in [2.24, 2.45) is 0 Å². The number of aromatic nitrogens is 1. The fourth-order valence-electron chi connectivity index (χ4n) is 1.50. The van der Waals surface area contributed by atoms with Gasteiger partial charge in [-0.25, -0.2) is 0 Å². The number of nitrogens with one attached hydrogen (secondary N) is 1. The van der Waals surface area contributed by atoms with Gasteiger partial charge in [0.15, 0.2) is 0 Å². The molecular formula is C15H11N3O. The number of carbonyl (C=O) groups excluding carboxylic acids is 1. The van der Waals surface area contributed by atoms with Crippen molar-refractivity contribution in [3.05, 3.63) is 66.0 Å². The molecule has 0 saturated heterocycles. The van der Waals surface area contributed by atoms with Gasteiger partial charge in [-0.3, -0.25) is 9.78 Å². The zero-order chi connectivity index (χ0) is 13.5. The Kier molecular flexibility index (Phi) is 4.04. The van der Waals surface area contributed by atoms with Crippen LogP contribution in [0, 0.1) is 11.3 Å². The average molecular weight is 249 g/mol. The predicted octanol–water partition coefficient (Wildman–Crippen LogP) is 2.61. The Morgan fingerprint density at radius 2 is 2.05 bits per heavy atom. The predicted molar refractivity (Wildman–Crippen MR) is 73.1 cm³/mol. The number of nitriles is 1. The van der Waals surface area contributed by atoms with Crippen molar-refractivity contribution in [2.45, 2.75) is 0 Å². The first kappa shape index (κ1) is 12.5. The number of pyridine rings is 1. The Morgan fingerprint density at radius 3 is 2.79 bits per heavy atom. The molecular weight excluding hydrogens is 238 g/mol. The molecule has 1 aromatic heterocycles. The van der Waals surface area contributed by atoms with Gasteiger partial charge in [0.05, 0.1) is 11.6 Å². The van der Waals surface area contributed by atoms with Crippen molar-refractivity contribution in [3.63, 3.8) is 0 Å². The topological polar surface area (TPSA) is 65.8 Å². The highest BCUT2D eigenvalue weighted by Gasteiger charge is 1.98. The SMILES string of the molecule is N#Cc1cccc(NC(=O)/C=C/c2ccncc2)c1. The van der Waals surface area contributed by atoms with Crippen LogP contribution in [0.5, 0.6) is 0 Å². The molecule has 0 aliphatic carbocycles. The zero-order valence-corrected chi connectivity index (χ0v) is 10.1. The number of hydrogen-bond acceptors (Lipinski definition) is 3. The number of carbonyl (C=O) groups is 1. The molecule has 0 aliphatic heterocycles. The van der Waals surface area contributed by atoms with Gasteiger partial charge in [-0.2, -0.15) is 5.26 Å². The third-order valence-corrected chi connectivity index (χ3v) is 2.39. The third kappa shape index (κ3) is 3.79. The van der Waals surface area contributed by atoms with Crippen LogP contribution < -0.4 is 5.32 Å². The fourth-order valence-corrected chi connectivity index (χ4v) is 1.50. The van der Waals surface area contributed by atoms with Gasteiger partial charge < -0.3 is 5.32 Å². The van der Waals surface area contributed by atoms with Gasteiger partial charge in [0.25, 0.3) is 0 Å². The lowest BCUT2D eigenvalue weighted by molar-refractivity contribution is -0.111. The molecule has 4 heteroatoms. The lowest BCUT2D eigenvalue weighted by Gasteiger charge is -2.01. The summed E-state index contributed by atoms with van der Waals surface area (Å²) in [7, 11) is 0. The zero-order valence-electron chi connectivity index (χ0n) is 10.1. The van der Waals surface area contributed by atoms with Crippen molar-refractivity contribution in [2.75, 3.05) is 5.32 Å². The van der Waals surface area contributed by atoms with E-state index in [1.165, 1.54) is 6.08 Å². The number of hydrogen-bond donors (Lipinski definition) is 1. The van der Waals surface area contributed by atoms with Crippen molar-refractivity contribution >= 4 is 17.7 Å². The minimum Gasteiger partial charge on any atom is -0.322 e. The maximum Gasteiger partial charge on any atom is 0.248 e. The van der Waals surface area contributed by atoms with E-state index in [4.69, 9.17) is 5.26 Å². The smallest absolute Gasteiger partial charge is 0.248 e. The normalized spacial score (nSPS) is 10.1. The summed E-state index contributed by atoms with van der Waals surface area (Å²) in [5, 5.41) is 11.5. The lowest BCUT2D eigenvalue weighted by Crippen LogP contribution is -2.07. The van der Waals surface area contributed by atoms with Crippen LogP contribution in [0.4, 0.5) is 5.69 Å².